The fourth-order valence-corrected chi connectivity index (χ4v) is 6.03. The maximum absolute atomic E-state index is 13.2. The van der Waals surface area contributed by atoms with Crippen LogP contribution in [0.5, 0.6) is 0 Å². The summed E-state index contributed by atoms with van der Waals surface area (Å²) in [5.41, 5.74) is 3.10. The van der Waals surface area contributed by atoms with Crippen molar-refractivity contribution in [1.82, 2.24) is 9.55 Å². The minimum absolute atomic E-state index is 0.0104. The highest BCUT2D eigenvalue weighted by atomic mass is 32.2. The second-order valence-electron chi connectivity index (χ2n) is 8.68. The molecule has 2 heterocycles. The number of benzene rings is 1. The second kappa shape index (κ2) is 8.16. The summed E-state index contributed by atoms with van der Waals surface area (Å²) in [6, 6.07) is 7.81. The van der Waals surface area contributed by atoms with Crippen LogP contribution in [-0.4, -0.2) is 21.1 Å². The van der Waals surface area contributed by atoms with Crippen LogP contribution in [0.1, 0.15) is 53.6 Å². The van der Waals surface area contributed by atoms with Crippen LogP contribution in [-0.2, 0) is 24.8 Å². The van der Waals surface area contributed by atoms with Gasteiger partial charge in [-0.2, -0.15) is 0 Å². The monoisotopic (exact) mass is 438 g/mol. The van der Waals surface area contributed by atoms with E-state index in [1.54, 1.807) is 22.0 Å². The molecule has 0 radical (unpaired) electrons. The molecular formula is C24H26N2O2S2. The fourth-order valence-electron chi connectivity index (χ4n) is 3.83. The number of aryl methyl sites for hydroxylation is 2. The average molecular weight is 439 g/mol. The predicted molar refractivity (Wildman–Crippen MR) is 126 cm³/mol. The van der Waals surface area contributed by atoms with E-state index in [0.29, 0.717) is 17.3 Å². The molecule has 156 valence electrons. The molecule has 3 aromatic rings. The Balaban J connectivity index is 1.60. The predicted octanol–water partition coefficient (Wildman–Crippen LogP) is 5.41. The molecule has 1 aliphatic rings. The molecule has 30 heavy (non-hydrogen) atoms. The summed E-state index contributed by atoms with van der Waals surface area (Å²) in [5.74, 6) is 0.281. The molecule has 0 atom stereocenters. The third kappa shape index (κ3) is 3.91. The molecule has 0 amide bonds. The van der Waals surface area contributed by atoms with Gasteiger partial charge < -0.3 is 0 Å². The Labute approximate surface area is 185 Å². The topological polar surface area (TPSA) is 52.0 Å². The number of carbonyl (C=O) groups is 1. The van der Waals surface area contributed by atoms with E-state index in [-0.39, 0.29) is 22.5 Å². The van der Waals surface area contributed by atoms with Gasteiger partial charge in [-0.15, -0.1) is 17.9 Å². The van der Waals surface area contributed by atoms with Gasteiger partial charge in [-0.3, -0.25) is 14.2 Å². The highest BCUT2D eigenvalue weighted by molar-refractivity contribution is 7.99. The van der Waals surface area contributed by atoms with E-state index in [4.69, 9.17) is 4.98 Å². The summed E-state index contributed by atoms with van der Waals surface area (Å²) in [7, 11) is 0. The number of aromatic nitrogens is 2. The van der Waals surface area contributed by atoms with Crippen LogP contribution in [0.25, 0.3) is 10.2 Å². The molecule has 0 spiro atoms. The highest BCUT2D eigenvalue weighted by Crippen LogP contribution is 2.35. The van der Waals surface area contributed by atoms with E-state index in [1.165, 1.54) is 27.8 Å². The number of carbonyl (C=O) groups excluding carboxylic acids is 1. The lowest BCUT2D eigenvalue weighted by Gasteiger charge is -2.19. The van der Waals surface area contributed by atoms with Crippen molar-refractivity contribution in [2.24, 2.45) is 0 Å². The van der Waals surface area contributed by atoms with Crippen molar-refractivity contribution in [2.45, 2.75) is 57.1 Å². The van der Waals surface area contributed by atoms with E-state index in [1.807, 2.05) is 24.3 Å². The van der Waals surface area contributed by atoms with Gasteiger partial charge in [-0.1, -0.05) is 62.9 Å². The number of ketones is 1. The Morgan fingerprint density at radius 1 is 1.27 bits per heavy atom. The van der Waals surface area contributed by atoms with E-state index >= 15 is 0 Å². The summed E-state index contributed by atoms with van der Waals surface area (Å²) in [4.78, 5) is 32.8. The molecule has 0 fully saturated rings. The van der Waals surface area contributed by atoms with Crippen LogP contribution in [0.4, 0.5) is 0 Å². The van der Waals surface area contributed by atoms with Crippen molar-refractivity contribution in [3.63, 3.8) is 0 Å². The molecule has 1 aliphatic carbocycles. The highest BCUT2D eigenvalue weighted by Gasteiger charge is 2.23. The van der Waals surface area contributed by atoms with Gasteiger partial charge >= 0.3 is 0 Å². The Morgan fingerprint density at radius 3 is 2.67 bits per heavy atom. The van der Waals surface area contributed by atoms with Gasteiger partial charge in [0.2, 0.25) is 0 Å². The standard InChI is InChI=1S/C24H26N2O2S2/c1-5-13-26-22(28)20-17-7-6-8-19(17)30-21(20)25-23(26)29-14-18(27)15-9-11-16(12-10-15)24(2,3)4/h5,9-12H,1,6-8,13-14H2,2-4H3. The molecule has 0 aliphatic heterocycles. The van der Waals surface area contributed by atoms with Crippen molar-refractivity contribution in [3.05, 3.63) is 68.8 Å². The number of fused-ring (bicyclic) bond motifs is 3. The molecule has 0 bridgehead atoms. The largest absolute Gasteiger partial charge is 0.293 e. The molecule has 4 nitrogen and oxygen atoms in total. The molecule has 2 aromatic heterocycles. The summed E-state index contributed by atoms with van der Waals surface area (Å²) in [6.45, 7) is 10.6. The Bertz CT molecular complexity index is 1180. The van der Waals surface area contributed by atoms with Crippen LogP contribution < -0.4 is 5.56 Å². The van der Waals surface area contributed by atoms with Crippen LogP contribution in [0.15, 0.2) is 46.9 Å². The Kier molecular flexibility index (Phi) is 5.73. The van der Waals surface area contributed by atoms with E-state index in [2.05, 4.69) is 27.4 Å². The maximum Gasteiger partial charge on any atom is 0.263 e. The molecule has 1 aromatic carbocycles. The smallest absolute Gasteiger partial charge is 0.263 e. The molecule has 6 heteroatoms. The third-order valence-corrected chi connectivity index (χ3v) is 7.67. The van der Waals surface area contributed by atoms with Crippen LogP contribution in [0.3, 0.4) is 0 Å². The number of thioether (sulfide) groups is 1. The van der Waals surface area contributed by atoms with Crippen LogP contribution >= 0.6 is 23.1 Å². The molecular weight excluding hydrogens is 412 g/mol. The van der Waals surface area contributed by atoms with Gasteiger partial charge in [0.05, 0.1) is 11.1 Å². The van der Waals surface area contributed by atoms with E-state index < -0.39 is 0 Å². The Hall–Kier alpha value is -2.18. The quantitative estimate of drug-likeness (QED) is 0.224. The summed E-state index contributed by atoms with van der Waals surface area (Å²) < 4.78 is 1.65. The summed E-state index contributed by atoms with van der Waals surface area (Å²) in [5, 5.41) is 1.36. The van der Waals surface area contributed by atoms with Crippen LogP contribution in [0.2, 0.25) is 0 Å². The first-order valence-corrected chi connectivity index (χ1v) is 12.0. The molecule has 0 saturated heterocycles. The number of thiophene rings is 1. The minimum Gasteiger partial charge on any atom is -0.293 e. The third-order valence-electron chi connectivity index (χ3n) is 5.51. The van der Waals surface area contributed by atoms with Crippen molar-refractivity contribution in [3.8, 4) is 0 Å². The maximum atomic E-state index is 13.2. The van der Waals surface area contributed by atoms with Crippen LogP contribution in [0, 0.1) is 0 Å². The SMILES string of the molecule is C=CCn1c(SCC(=O)c2ccc(C(C)(C)C)cc2)nc2sc3c(c2c1=O)CCC3. The summed E-state index contributed by atoms with van der Waals surface area (Å²) >= 11 is 2.96. The number of hydrogen-bond donors (Lipinski definition) is 0. The van der Waals surface area contributed by atoms with Gasteiger partial charge in [0.15, 0.2) is 10.9 Å². The average Bonchev–Trinajstić information content (AvgIpc) is 3.29. The van der Waals surface area contributed by atoms with E-state index in [9.17, 15) is 9.59 Å². The van der Waals surface area contributed by atoms with Crippen molar-refractivity contribution < 1.29 is 4.79 Å². The molecule has 0 unspecified atom stereocenters. The van der Waals surface area contributed by atoms with Crippen molar-refractivity contribution in [2.75, 3.05) is 5.75 Å². The van der Waals surface area contributed by atoms with Gasteiger partial charge in [-0.05, 0) is 35.8 Å². The Morgan fingerprint density at radius 2 is 2.00 bits per heavy atom. The van der Waals surface area contributed by atoms with E-state index in [0.717, 1.165) is 29.5 Å². The lowest BCUT2D eigenvalue weighted by Crippen LogP contribution is -2.23. The van der Waals surface area contributed by atoms with Crippen molar-refractivity contribution >= 4 is 39.1 Å². The minimum atomic E-state index is -0.0104. The summed E-state index contributed by atoms with van der Waals surface area (Å²) in [6.07, 6.45) is 4.80. The second-order valence-corrected chi connectivity index (χ2v) is 10.7. The van der Waals surface area contributed by atoms with Gasteiger partial charge in [0.1, 0.15) is 4.83 Å². The van der Waals surface area contributed by atoms with Gasteiger partial charge in [-0.25, -0.2) is 4.98 Å². The first-order chi connectivity index (χ1) is 14.3. The lowest BCUT2D eigenvalue weighted by molar-refractivity contribution is 0.102. The first kappa shape index (κ1) is 21.1. The number of rotatable bonds is 6. The van der Waals surface area contributed by atoms with Crippen molar-refractivity contribution in [1.29, 1.82) is 0 Å². The first-order valence-electron chi connectivity index (χ1n) is 10.2. The number of Topliss-reactive ketones (excluding diaryl/α,β-unsaturated/α-hetero) is 1. The molecule has 4 rings (SSSR count). The van der Waals surface area contributed by atoms with Gasteiger partial charge in [0, 0.05) is 17.0 Å². The zero-order valence-electron chi connectivity index (χ0n) is 17.7. The van der Waals surface area contributed by atoms with Gasteiger partial charge in [0.25, 0.3) is 5.56 Å². The number of allylic oxidation sites excluding steroid dienone is 1. The fraction of sp³-hybridized carbons (Fsp3) is 0.375. The zero-order valence-corrected chi connectivity index (χ0v) is 19.3. The normalized spacial score (nSPS) is 13.6. The number of hydrogen-bond acceptors (Lipinski definition) is 5. The molecule has 0 saturated carbocycles. The molecule has 0 N–H and O–H groups in total. The zero-order chi connectivity index (χ0) is 21.5. The number of nitrogens with zero attached hydrogens (tertiary/aromatic N) is 2. The lowest BCUT2D eigenvalue weighted by atomic mass is 9.86.